The van der Waals surface area contributed by atoms with Gasteiger partial charge in [0.15, 0.2) is 0 Å². The van der Waals surface area contributed by atoms with Crippen LogP contribution in [0.4, 0.5) is 17.1 Å². The quantitative estimate of drug-likeness (QED) is 0.247. The fourth-order valence-electron chi connectivity index (χ4n) is 3.24. The molecule has 3 aromatic rings. The van der Waals surface area contributed by atoms with Gasteiger partial charge in [-0.1, -0.05) is 0 Å². The maximum absolute atomic E-state index is 12.5. The summed E-state index contributed by atoms with van der Waals surface area (Å²) in [6, 6.07) is 10.3. The van der Waals surface area contributed by atoms with E-state index in [0.29, 0.717) is 22.3 Å². The van der Waals surface area contributed by atoms with Gasteiger partial charge in [0.25, 0.3) is 5.69 Å². The molecule has 1 aromatic heterocycles. The van der Waals surface area contributed by atoms with Gasteiger partial charge in [-0.25, -0.2) is 9.59 Å². The fraction of sp³-hybridized carbons (Fsp3) is 0.227. The number of esters is 1. The summed E-state index contributed by atoms with van der Waals surface area (Å²) in [5, 5.41) is 17.6. The Bertz CT molecular complexity index is 1290. The number of ether oxygens (including phenoxy) is 1. The van der Waals surface area contributed by atoms with Crippen molar-refractivity contribution in [3.63, 3.8) is 0 Å². The first-order valence-corrected chi connectivity index (χ1v) is 9.86. The summed E-state index contributed by atoms with van der Waals surface area (Å²) < 4.78 is 10.5. The minimum atomic E-state index is -0.762. The molecule has 10 heteroatoms. The Labute approximate surface area is 181 Å². The third-order valence-corrected chi connectivity index (χ3v) is 4.88. The van der Waals surface area contributed by atoms with Gasteiger partial charge in [-0.2, -0.15) is 0 Å². The first-order valence-electron chi connectivity index (χ1n) is 9.86. The molecule has 0 aliphatic heterocycles. The van der Waals surface area contributed by atoms with Gasteiger partial charge in [-0.3, -0.25) is 14.9 Å². The van der Waals surface area contributed by atoms with Gasteiger partial charge in [-0.05, 0) is 37.1 Å². The number of hydrogen-bond donors (Lipinski definition) is 2. The Morgan fingerprint density at radius 1 is 1.19 bits per heavy atom. The van der Waals surface area contributed by atoms with Crippen molar-refractivity contribution in [1.82, 2.24) is 0 Å². The van der Waals surface area contributed by atoms with Crippen LogP contribution in [0.2, 0.25) is 0 Å². The number of anilines is 2. The first kappa shape index (κ1) is 21.0. The molecular weight excluding hydrogens is 418 g/mol. The molecule has 32 heavy (non-hydrogen) atoms. The molecule has 1 heterocycles. The second-order valence-electron chi connectivity index (χ2n) is 7.47. The van der Waals surface area contributed by atoms with Gasteiger partial charge in [-0.15, -0.1) is 0 Å². The summed E-state index contributed by atoms with van der Waals surface area (Å²) in [6.45, 7) is 1.12. The van der Waals surface area contributed by atoms with Gasteiger partial charge in [0.05, 0.1) is 10.5 Å². The van der Waals surface area contributed by atoms with Crippen LogP contribution in [0.3, 0.4) is 0 Å². The molecule has 2 aromatic carbocycles. The van der Waals surface area contributed by atoms with Crippen molar-refractivity contribution in [2.45, 2.75) is 32.4 Å². The van der Waals surface area contributed by atoms with Crippen molar-refractivity contribution in [3.8, 4) is 0 Å². The zero-order valence-corrected chi connectivity index (χ0v) is 17.0. The standard InChI is InChI=1S/C22H19N3O7/c1-12(26)23-16-5-6-17-14(9-21(27)32-20(17)10-16)11-31-22(28)13-2-7-18(24-15-3-4-15)19(8-13)25(29)30/h2,5-10,15,24H,3-4,11H2,1H3,(H,23,26). The van der Waals surface area contributed by atoms with E-state index in [9.17, 15) is 24.5 Å². The molecule has 0 saturated heterocycles. The monoisotopic (exact) mass is 437 g/mol. The highest BCUT2D eigenvalue weighted by Gasteiger charge is 2.26. The molecule has 1 aliphatic rings. The number of benzene rings is 2. The number of carbonyl (C=O) groups excluding carboxylic acids is 2. The number of carbonyl (C=O) groups is 2. The second kappa shape index (κ2) is 8.50. The molecule has 0 spiro atoms. The zero-order valence-electron chi connectivity index (χ0n) is 17.0. The van der Waals surface area contributed by atoms with E-state index in [1.54, 1.807) is 12.1 Å². The summed E-state index contributed by atoms with van der Waals surface area (Å²) in [5.41, 5.74) is 0.613. The van der Waals surface area contributed by atoms with Crippen molar-refractivity contribution >= 4 is 39.9 Å². The number of nitro groups is 1. The van der Waals surface area contributed by atoms with Crippen molar-refractivity contribution in [1.29, 1.82) is 0 Å². The molecule has 0 radical (unpaired) electrons. The minimum absolute atomic E-state index is 0.0262. The van der Waals surface area contributed by atoms with E-state index in [-0.39, 0.29) is 35.4 Å². The molecule has 1 fully saturated rings. The SMILES string of the molecule is CC(=O)Nc1ccc2c(COC(=O)c3ccc(NC4CC4)c([N+](=O)[O-])c3)cc(=O)oc2c1. The molecular formula is C22H19N3O7. The van der Waals surface area contributed by atoms with E-state index in [4.69, 9.17) is 9.15 Å². The van der Waals surface area contributed by atoms with Crippen LogP contribution in [0, 0.1) is 10.1 Å². The molecule has 1 amide bonds. The molecule has 10 nitrogen and oxygen atoms in total. The van der Waals surface area contributed by atoms with Crippen LogP contribution in [0.15, 0.2) is 51.7 Å². The topological polar surface area (TPSA) is 141 Å². The predicted molar refractivity (Wildman–Crippen MR) is 116 cm³/mol. The van der Waals surface area contributed by atoms with Crippen molar-refractivity contribution < 1.29 is 23.7 Å². The molecule has 2 N–H and O–H groups in total. The van der Waals surface area contributed by atoms with Crippen LogP contribution < -0.4 is 16.3 Å². The highest BCUT2D eigenvalue weighted by Crippen LogP contribution is 2.32. The van der Waals surface area contributed by atoms with E-state index in [1.165, 1.54) is 37.3 Å². The van der Waals surface area contributed by atoms with Gasteiger partial charge in [0.2, 0.25) is 5.91 Å². The number of nitrogens with one attached hydrogen (secondary N) is 2. The van der Waals surface area contributed by atoms with E-state index in [0.717, 1.165) is 12.8 Å². The molecule has 1 saturated carbocycles. The molecule has 0 bridgehead atoms. The van der Waals surface area contributed by atoms with Gasteiger partial charge in [0.1, 0.15) is 17.9 Å². The van der Waals surface area contributed by atoms with Gasteiger partial charge < -0.3 is 19.8 Å². The Kier molecular flexibility index (Phi) is 5.59. The summed E-state index contributed by atoms with van der Waals surface area (Å²) in [6.07, 6.45) is 1.90. The van der Waals surface area contributed by atoms with Gasteiger partial charge in [0, 0.05) is 47.8 Å². The Morgan fingerprint density at radius 3 is 2.66 bits per heavy atom. The number of hydrogen-bond acceptors (Lipinski definition) is 8. The van der Waals surface area contributed by atoms with E-state index < -0.39 is 16.5 Å². The maximum atomic E-state index is 12.5. The van der Waals surface area contributed by atoms with E-state index in [1.807, 2.05) is 0 Å². The van der Waals surface area contributed by atoms with Crippen LogP contribution >= 0.6 is 0 Å². The molecule has 0 unspecified atom stereocenters. The smallest absolute Gasteiger partial charge is 0.338 e. The summed E-state index contributed by atoms with van der Waals surface area (Å²) in [4.78, 5) is 46.5. The lowest BCUT2D eigenvalue weighted by Gasteiger charge is -2.10. The summed E-state index contributed by atoms with van der Waals surface area (Å²) in [7, 11) is 0. The second-order valence-corrected chi connectivity index (χ2v) is 7.47. The third-order valence-electron chi connectivity index (χ3n) is 4.88. The van der Waals surface area contributed by atoms with E-state index in [2.05, 4.69) is 10.6 Å². The Balaban J connectivity index is 1.54. The van der Waals surface area contributed by atoms with Crippen LogP contribution in [0.1, 0.15) is 35.7 Å². The number of nitro benzene ring substituents is 1. The molecule has 1 aliphatic carbocycles. The van der Waals surface area contributed by atoms with Crippen molar-refractivity contribution in [2.24, 2.45) is 0 Å². The average molecular weight is 437 g/mol. The normalized spacial score (nSPS) is 12.9. The lowest BCUT2D eigenvalue weighted by atomic mass is 10.1. The summed E-state index contributed by atoms with van der Waals surface area (Å²) in [5.74, 6) is -1.04. The lowest BCUT2D eigenvalue weighted by molar-refractivity contribution is -0.384. The Morgan fingerprint density at radius 2 is 1.97 bits per heavy atom. The Hall–Kier alpha value is -4.21. The maximum Gasteiger partial charge on any atom is 0.338 e. The van der Waals surface area contributed by atoms with Crippen LogP contribution in [0.5, 0.6) is 0 Å². The average Bonchev–Trinajstić information content (AvgIpc) is 3.55. The minimum Gasteiger partial charge on any atom is -0.457 e. The number of fused-ring (bicyclic) bond motifs is 1. The molecule has 4 rings (SSSR count). The predicted octanol–water partition coefficient (Wildman–Crippen LogP) is 3.59. The van der Waals surface area contributed by atoms with Crippen LogP contribution in [-0.2, 0) is 16.1 Å². The third kappa shape index (κ3) is 4.75. The van der Waals surface area contributed by atoms with Gasteiger partial charge >= 0.3 is 11.6 Å². The van der Waals surface area contributed by atoms with Crippen molar-refractivity contribution in [3.05, 3.63) is 74.1 Å². The largest absolute Gasteiger partial charge is 0.457 e. The molecule has 164 valence electrons. The number of amides is 1. The van der Waals surface area contributed by atoms with Crippen LogP contribution in [-0.4, -0.2) is 22.8 Å². The highest BCUT2D eigenvalue weighted by molar-refractivity contribution is 5.93. The van der Waals surface area contributed by atoms with Crippen LogP contribution in [0.25, 0.3) is 11.0 Å². The number of nitrogens with zero attached hydrogens (tertiary/aromatic N) is 1. The first-order chi connectivity index (χ1) is 15.3. The number of rotatable bonds is 7. The molecule has 0 atom stereocenters. The zero-order chi connectivity index (χ0) is 22.8. The summed E-state index contributed by atoms with van der Waals surface area (Å²) >= 11 is 0. The highest BCUT2D eigenvalue weighted by atomic mass is 16.6. The van der Waals surface area contributed by atoms with Crippen molar-refractivity contribution in [2.75, 3.05) is 10.6 Å². The lowest BCUT2D eigenvalue weighted by Crippen LogP contribution is -2.10. The van der Waals surface area contributed by atoms with E-state index >= 15 is 0 Å². The fourth-order valence-corrected chi connectivity index (χ4v) is 3.24.